The van der Waals surface area contributed by atoms with Crippen LogP contribution in [0.4, 0.5) is 0 Å². The van der Waals surface area contributed by atoms with Gasteiger partial charge in [-0.3, -0.25) is 0 Å². The van der Waals surface area contributed by atoms with Gasteiger partial charge in [-0.15, -0.1) is 11.3 Å². The fourth-order valence-electron chi connectivity index (χ4n) is 1.74. The summed E-state index contributed by atoms with van der Waals surface area (Å²) in [6.45, 7) is 5.05. The summed E-state index contributed by atoms with van der Waals surface area (Å²) in [5.41, 5.74) is 1.34. The van der Waals surface area contributed by atoms with E-state index in [-0.39, 0.29) is 0 Å². The zero-order valence-corrected chi connectivity index (χ0v) is 13.0. The topological polar surface area (TPSA) is 22.1 Å². The Bertz CT molecular complexity index is 505. The summed E-state index contributed by atoms with van der Waals surface area (Å²) < 4.78 is 5.74. The molecule has 19 heavy (non-hydrogen) atoms. The van der Waals surface area contributed by atoms with Gasteiger partial charge in [0.2, 0.25) is 0 Å². The summed E-state index contributed by atoms with van der Waals surface area (Å²) in [6.07, 6.45) is 2.74. The lowest BCUT2D eigenvalue weighted by atomic mass is 10.0. The van der Waals surface area contributed by atoms with Crippen molar-refractivity contribution in [1.29, 1.82) is 0 Å². The zero-order valence-electron chi connectivity index (χ0n) is 11.3. The van der Waals surface area contributed by atoms with Crippen LogP contribution >= 0.6 is 24.0 Å². The summed E-state index contributed by atoms with van der Waals surface area (Å²) in [4.78, 5) is 5.55. The van der Waals surface area contributed by atoms with Crippen LogP contribution < -0.4 is 4.74 Å². The Hall–Kier alpha value is -1.00. The van der Waals surface area contributed by atoms with Crippen LogP contribution in [0.5, 0.6) is 5.75 Å². The van der Waals surface area contributed by atoms with E-state index in [4.69, 9.17) is 4.74 Å². The van der Waals surface area contributed by atoms with E-state index in [1.165, 1.54) is 10.4 Å². The lowest BCUT2D eigenvalue weighted by Gasteiger charge is -2.08. The van der Waals surface area contributed by atoms with Crippen molar-refractivity contribution in [3.8, 4) is 5.75 Å². The van der Waals surface area contributed by atoms with Crippen molar-refractivity contribution in [3.05, 3.63) is 45.9 Å². The van der Waals surface area contributed by atoms with Crippen LogP contribution in [0.25, 0.3) is 0 Å². The van der Waals surface area contributed by atoms with E-state index in [0.717, 1.165) is 22.9 Å². The summed E-state index contributed by atoms with van der Waals surface area (Å²) >= 11 is 5.94. The second kappa shape index (κ2) is 6.96. The highest BCUT2D eigenvalue weighted by Gasteiger charge is 2.02. The van der Waals surface area contributed by atoms with Gasteiger partial charge in [0.1, 0.15) is 5.75 Å². The Kier molecular flexibility index (Phi) is 5.28. The second-order valence-electron chi connectivity index (χ2n) is 4.70. The van der Waals surface area contributed by atoms with E-state index < -0.39 is 0 Å². The summed E-state index contributed by atoms with van der Waals surface area (Å²) in [6, 6.07) is 8.33. The monoisotopic (exact) mass is 293 g/mol. The minimum Gasteiger partial charge on any atom is -0.493 e. The Balaban J connectivity index is 1.82. The van der Waals surface area contributed by atoms with Crippen molar-refractivity contribution < 1.29 is 4.74 Å². The molecule has 0 amide bonds. The first-order valence-electron chi connectivity index (χ1n) is 6.46. The van der Waals surface area contributed by atoms with Gasteiger partial charge in [-0.25, -0.2) is 4.98 Å². The lowest BCUT2D eigenvalue weighted by Crippen LogP contribution is -2.01. The van der Waals surface area contributed by atoms with Crippen LogP contribution in [0, 0.1) is 0 Å². The first-order valence-corrected chi connectivity index (χ1v) is 7.91. The third kappa shape index (κ3) is 4.25. The quantitative estimate of drug-likeness (QED) is 0.801. The molecule has 0 aliphatic rings. The van der Waals surface area contributed by atoms with Crippen molar-refractivity contribution in [2.45, 2.75) is 31.9 Å². The predicted molar refractivity (Wildman–Crippen MR) is 84.5 cm³/mol. The van der Waals surface area contributed by atoms with Crippen molar-refractivity contribution in [2.75, 3.05) is 6.61 Å². The molecule has 0 radical (unpaired) electrons. The number of aromatic nitrogens is 1. The number of rotatable bonds is 6. The van der Waals surface area contributed by atoms with Gasteiger partial charge in [-0.1, -0.05) is 26.0 Å². The third-order valence-electron chi connectivity index (χ3n) is 2.89. The van der Waals surface area contributed by atoms with Crippen LogP contribution in [-0.4, -0.2) is 11.6 Å². The van der Waals surface area contributed by atoms with Crippen molar-refractivity contribution >= 4 is 24.0 Å². The number of nitrogens with zero attached hydrogens (tertiary/aromatic N) is 1. The number of hydrogen-bond donors (Lipinski definition) is 1. The van der Waals surface area contributed by atoms with E-state index in [1.807, 2.05) is 18.3 Å². The molecule has 102 valence electrons. The van der Waals surface area contributed by atoms with Gasteiger partial charge in [0.05, 0.1) is 11.6 Å². The van der Waals surface area contributed by atoms with E-state index >= 15 is 0 Å². The average molecular weight is 293 g/mol. The summed E-state index contributed by atoms with van der Waals surface area (Å²) in [7, 11) is 0. The number of thiazole rings is 1. The summed E-state index contributed by atoms with van der Waals surface area (Å²) in [5, 5.41) is 1.11. The van der Waals surface area contributed by atoms with E-state index in [0.29, 0.717) is 12.5 Å². The van der Waals surface area contributed by atoms with Gasteiger partial charge in [0, 0.05) is 23.2 Å². The fourth-order valence-corrected chi connectivity index (χ4v) is 2.78. The van der Waals surface area contributed by atoms with Crippen LogP contribution in [-0.2, 0) is 12.2 Å². The molecule has 0 saturated carbocycles. The zero-order chi connectivity index (χ0) is 13.7. The normalized spacial score (nSPS) is 10.9. The van der Waals surface area contributed by atoms with Gasteiger partial charge in [0.25, 0.3) is 0 Å². The van der Waals surface area contributed by atoms with Gasteiger partial charge < -0.3 is 4.74 Å². The first-order chi connectivity index (χ1) is 9.19. The molecular formula is C15H19NOS2. The molecule has 0 aliphatic carbocycles. The standard InChI is InChI=1S/C15H19NOS2/c1-11(2)12-3-5-13(6-4-12)17-8-7-15-16-9-14(10-18)19-15/h3-6,9,11,18H,7-8,10H2,1-2H3. The van der Waals surface area contributed by atoms with Gasteiger partial charge in [-0.05, 0) is 23.6 Å². The van der Waals surface area contributed by atoms with Crippen LogP contribution in [0.2, 0.25) is 0 Å². The van der Waals surface area contributed by atoms with E-state index in [9.17, 15) is 0 Å². The molecule has 0 spiro atoms. The molecule has 0 aliphatic heterocycles. The molecule has 2 aromatic rings. The van der Waals surface area contributed by atoms with E-state index in [1.54, 1.807) is 11.3 Å². The molecule has 2 nitrogen and oxygen atoms in total. The van der Waals surface area contributed by atoms with Crippen molar-refractivity contribution in [1.82, 2.24) is 4.98 Å². The van der Waals surface area contributed by atoms with Gasteiger partial charge >= 0.3 is 0 Å². The van der Waals surface area contributed by atoms with Gasteiger partial charge in [0.15, 0.2) is 0 Å². The second-order valence-corrected chi connectivity index (χ2v) is 6.22. The maximum atomic E-state index is 5.74. The van der Waals surface area contributed by atoms with Gasteiger partial charge in [-0.2, -0.15) is 12.6 Å². The number of hydrogen-bond acceptors (Lipinski definition) is 4. The van der Waals surface area contributed by atoms with Crippen molar-refractivity contribution in [2.24, 2.45) is 0 Å². The molecule has 0 bridgehead atoms. The molecule has 0 fully saturated rings. The third-order valence-corrected chi connectivity index (χ3v) is 4.50. The Morgan fingerprint density at radius 1 is 1.26 bits per heavy atom. The number of ether oxygens (including phenoxy) is 1. The molecule has 0 atom stereocenters. The molecule has 0 unspecified atom stereocenters. The highest BCUT2D eigenvalue weighted by atomic mass is 32.1. The smallest absolute Gasteiger partial charge is 0.119 e. The molecular weight excluding hydrogens is 274 g/mol. The van der Waals surface area contributed by atoms with Crippen LogP contribution in [0.3, 0.4) is 0 Å². The van der Waals surface area contributed by atoms with Crippen LogP contribution in [0.1, 0.15) is 35.2 Å². The first kappa shape index (κ1) is 14.4. The highest BCUT2D eigenvalue weighted by molar-refractivity contribution is 7.79. The van der Waals surface area contributed by atoms with E-state index in [2.05, 4.69) is 43.6 Å². The summed E-state index contributed by atoms with van der Waals surface area (Å²) in [5.74, 6) is 2.24. The maximum absolute atomic E-state index is 5.74. The minimum absolute atomic E-state index is 0.559. The Morgan fingerprint density at radius 2 is 2.00 bits per heavy atom. The molecule has 4 heteroatoms. The maximum Gasteiger partial charge on any atom is 0.119 e. The largest absolute Gasteiger partial charge is 0.493 e. The number of thiol groups is 1. The van der Waals surface area contributed by atoms with Crippen LogP contribution in [0.15, 0.2) is 30.5 Å². The van der Waals surface area contributed by atoms with Crippen molar-refractivity contribution in [3.63, 3.8) is 0 Å². The molecule has 1 aromatic heterocycles. The molecule has 0 N–H and O–H groups in total. The molecule has 0 saturated heterocycles. The predicted octanol–water partition coefficient (Wildman–Crippen LogP) is 4.32. The Labute approximate surface area is 124 Å². The highest BCUT2D eigenvalue weighted by Crippen LogP contribution is 2.19. The fraction of sp³-hybridized carbons (Fsp3) is 0.400. The lowest BCUT2D eigenvalue weighted by molar-refractivity contribution is 0.321. The number of benzene rings is 1. The molecule has 1 aromatic carbocycles. The minimum atomic E-state index is 0.559. The SMILES string of the molecule is CC(C)c1ccc(OCCc2ncc(CS)s2)cc1. The average Bonchev–Trinajstić information content (AvgIpc) is 2.87. The molecule has 2 rings (SSSR count). The Morgan fingerprint density at radius 3 is 2.58 bits per heavy atom. The molecule has 1 heterocycles.